The summed E-state index contributed by atoms with van der Waals surface area (Å²) in [6, 6.07) is 0. The van der Waals surface area contributed by atoms with E-state index in [1.54, 1.807) is 11.3 Å². The van der Waals surface area contributed by atoms with Gasteiger partial charge in [0, 0.05) is 30.3 Å². The zero-order chi connectivity index (χ0) is 9.26. The van der Waals surface area contributed by atoms with Gasteiger partial charge in [-0.05, 0) is 19.3 Å². The highest BCUT2D eigenvalue weighted by Gasteiger charge is 2.22. The smallest absolute Gasteiger partial charge is 0.133 e. The summed E-state index contributed by atoms with van der Waals surface area (Å²) in [7, 11) is 0. The number of hydrogen-bond acceptors (Lipinski definition) is 3. The van der Waals surface area contributed by atoms with Gasteiger partial charge >= 0.3 is 0 Å². The average Bonchev–Trinajstić information content (AvgIpc) is 2.62. The standard InChI is InChI=1S/C10H13NOS/c1-7-6-13-10(11-7)5-8-2-3-9(12)4-8/h6,8H,2-5H2,1H3. The summed E-state index contributed by atoms with van der Waals surface area (Å²) < 4.78 is 0. The lowest BCUT2D eigenvalue weighted by atomic mass is 10.1. The number of aromatic nitrogens is 1. The second kappa shape index (κ2) is 3.58. The molecule has 0 bridgehead atoms. The van der Waals surface area contributed by atoms with Crippen LogP contribution in [0.5, 0.6) is 0 Å². The molecule has 1 fully saturated rings. The van der Waals surface area contributed by atoms with Crippen LogP contribution in [0.25, 0.3) is 0 Å². The lowest BCUT2D eigenvalue weighted by molar-refractivity contribution is -0.117. The molecular weight excluding hydrogens is 182 g/mol. The van der Waals surface area contributed by atoms with Gasteiger partial charge in [-0.1, -0.05) is 0 Å². The van der Waals surface area contributed by atoms with E-state index in [2.05, 4.69) is 10.4 Å². The van der Waals surface area contributed by atoms with E-state index in [9.17, 15) is 4.79 Å². The van der Waals surface area contributed by atoms with E-state index in [0.717, 1.165) is 31.4 Å². The molecule has 0 N–H and O–H groups in total. The lowest BCUT2D eigenvalue weighted by Crippen LogP contribution is -1.99. The average molecular weight is 195 g/mol. The fraction of sp³-hybridized carbons (Fsp3) is 0.600. The van der Waals surface area contributed by atoms with Crippen molar-refractivity contribution in [2.24, 2.45) is 5.92 Å². The maximum atomic E-state index is 11.0. The molecule has 0 amide bonds. The molecule has 1 atom stereocenters. The minimum absolute atomic E-state index is 0.429. The Morgan fingerprint density at radius 2 is 2.54 bits per heavy atom. The highest BCUT2D eigenvalue weighted by Crippen LogP contribution is 2.26. The molecule has 1 aliphatic rings. The molecule has 0 aliphatic heterocycles. The second-order valence-corrected chi connectivity index (χ2v) is 4.68. The first kappa shape index (κ1) is 8.88. The zero-order valence-electron chi connectivity index (χ0n) is 7.75. The Balaban J connectivity index is 1.95. The van der Waals surface area contributed by atoms with Gasteiger partial charge in [-0.25, -0.2) is 4.98 Å². The molecule has 2 nitrogen and oxygen atoms in total. The van der Waals surface area contributed by atoms with Gasteiger partial charge in [-0.3, -0.25) is 4.79 Å². The molecule has 0 radical (unpaired) electrons. The molecule has 1 aliphatic carbocycles. The molecule has 2 rings (SSSR count). The topological polar surface area (TPSA) is 30.0 Å². The van der Waals surface area contributed by atoms with Crippen LogP contribution in [0, 0.1) is 12.8 Å². The van der Waals surface area contributed by atoms with E-state index < -0.39 is 0 Å². The van der Waals surface area contributed by atoms with Crippen LogP contribution in [0.1, 0.15) is 30.0 Å². The summed E-state index contributed by atoms with van der Waals surface area (Å²) in [6.45, 7) is 2.01. The fourth-order valence-electron chi connectivity index (χ4n) is 1.81. The largest absolute Gasteiger partial charge is 0.300 e. The first-order chi connectivity index (χ1) is 6.24. The Morgan fingerprint density at radius 1 is 1.69 bits per heavy atom. The molecule has 70 valence electrons. The van der Waals surface area contributed by atoms with Crippen LogP contribution in [0.15, 0.2) is 5.38 Å². The van der Waals surface area contributed by atoms with Crippen LogP contribution in [0.3, 0.4) is 0 Å². The van der Waals surface area contributed by atoms with E-state index in [1.807, 2.05) is 6.92 Å². The maximum absolute atomic E-state index is 11.0. The zero-order valence-corrected chi connectivity index (χ0v) is 8.56. The summed E-state index contributed by atoms with van der Waals surface area (Å²) in [5.41, 5.74) is 1.10. The van der Waals surface area contributed by atoms with Crippen LogP contribution in [-0.2, 0) is 11.2 Å². The van der Waals surface area contributed by atoms with Gasteiger partial charge in [0.25, 0.3) is 0 Å². The van der Waals surface area contributed by atoms with Crippen molar-refractivity contribution in [2.45, 2.75) is 32.6 Å². The Labute approximate surface area is 82.0 Å². The molecule has 1 aromatic rings. The fourth-order valence-corrected chi connectivity index (χ4v) is 2.70. The predicted octanol–water partition coefficient (Wildman–Crippen LogP) is 2.36. The summed E-state index contributed by atoms with van der Waals surface area (Å²) in [5, 5.41) is 3.27. The number of rotatable bonds is 2. The molecule has 0 aromatic carbocycles. The number of thiazole rings is 1. The first-order valence-corrected chi connectivity index (χ1v) is 5.54. The molecular formula is C10H13NOS. The first-order valence-electron chi connectivity index (χ1n) is 4.67. The number of ketones is 1. The van der Waals surface area contributed by atoms with Gasteiger partial charge in [-0.2, -0.15) is 0 Å². The van der Waals surface area contributed by atoms with Gasteiger partial charge in [0.1, 0.15) is 5.78 Å². The normalized spacial score (nSPS) is 22.5. The molecule has 0 spiro atoms. The number of Topliss-reactive ketones (excluding diaryl/α,β-unsaturated/α-hetero) is 1. The van der Waals surface area contributed by atoms with Crippen molar-refractivity contribution < 1.29 is 4.79 Å². The number of carbonyl (C=O) groups is 1. The van der Waals surface area contributed by atoms with Crippen molar-refractivity contribution in [2.75, 3.05) is 0 Å². The van der Waals surface area contributed by atoms with Gasteiger partial charge in [-0.15, -0.1) is 11.3 Å². The van der Waals surface area contributed by atoms with Crippen molar-refractivity contribution in [3.05, 3.63) is 16.1 Å². The second-order valence-electron chi connectivity index (χ2n) is 3.73. The van der Waals surface area contributed by atoms with E-state index in [-0.39, 0.29) is 0 Å². The van der Waals surface area contributed by atoms with E-state index in [4.69, 9.17) is 0 Å². The van der Waals surface area contributed by atoms with Crippen molar-refractivity contribution in [3.63, 3.8) is 0 Å². The SMILES string of the molecule is Cc1csc(CC2CCC(=O)C2)n1. The van der Waals surface area contributed by atoms with Crippen LogP contribution in [0.4, 0.5) is 0 Å². The molecule has 1 heterocycles. The minimum atomic E-state index is 0.429. The van der Waals surface area contributed by atoms with Gasteiger partial charge in [0.2, 0.25) is 0 Å². The van der Waals surface area contributed by atoms with Crippen molar-refractivity contribution >= 4 is 17.1 Å². The molecule has 13 heavy (non-hydrogen) atoms. The Bertz CT molecular complexity index is 318. The Kier molecular flexibility index (Phi) is 2.44. The Morgan fingerprint density at radius 3 is 3.08 bits per heavy atom. The summed E-state index contributed by atoms with van der Waals surface area (Å²) in [6.07, 6.45) is 3.63. The van der Waals surface area contributed by atoms with Crippen molar-refractivity contribution in [1.29, 1.82) is 0 Å². The minimum Gasteiger partial charge on any atom is -0.300 e. The quantitative estimate of drug-likeness (QED) is 0.725. The van der Waals surface area contributed by atoms with E-state index in [1.165, 1.54) is 5.01 Å². The maximum Gasteiger partial charge on any atom is 0.133 e. The number of hydrogen-bond donors (Lipinski definition) is 0. The van der Waals surface area contributed by atoms with Crippen LogP contribution >= 0.6 is 11.3 Å². The summed E-state index contributed by atoms with van der Waals surface area (Å²) in [4.78, 5) is 15.4. The Hall–Kier alpha value is -0.700. The predicted molar refractivity (Wildman–Crippen MR) is 52.9 cm³/mol. The third-order valence-electron chi connectivity index (χ3n) is 2.48. The lowest BCUT2D eigenvalue weighted by Gasteiger charge is -2.03. The monoisotopic (exact) mass is 195 g/mol. The van der Waals surface area contributed by atoms with Crippen LogP contribution < -0.4 is 0 Å². The molecule has 1 unspecified atom stereocenters. The number of carbonyl (C=O) groups excluding carboxylic acids is 1. The van der Waals surface area contributed by atoms with Crippen molar-refractivity contribution in [3.8, 4) is 0 Å². The third-order valence-corrected chi connectivity index (χ3v) is 3.47. The molecule has 0 saturated heterocycles. The highest BCUT2D eigenvalue weighted by atomic mass is 32.1. The van der Waals surface area contributed by atoms with Gasteiger partial charge in [0.05, 0.1) is 5.01 Å². The summed E-state index contributed by atoms with van der Waals surface area (Å²) >= 11 is 1.72. The van der Waals surface area contributed by atoms with E-state index >= 15 is 0 Å². The van der Waals surface area contributed by atoms with Crippen molar-refractivity contribution in [1.82, 2.24) is 4.98 Å². The molecule has 1 aromatic heterocycles. The molecule has 1 saturated carbocycles. The summed E-state index contributed by atoms with van der Waals surface area (Å²) in [5.74, 6) is 0.997. The van der Waals surface area contributed by atoms with Crippen LogP contribution in [-0.4, -0.2) is 10.8 Å². The number of nitrogens with zero attached hydrogens (tertiary/aromatic N) is 1. The molecule has 3 heteroatoms. The van der Waals surface area contributed by atoms with E-state index in [0.29, 0.717) is 11.7 Å². The van der Waals surface area contributed by atoms with Gasteiger partial charge in [0.15, 0.2) is 0 Å². The highest BCUT2D eigenvalue weighted by molar-refractivity contribution is 7.09. The number of aryl methyl sites for hydroxylation is 1. The third kappa shape index (κ3) is 2.15. The van der Waals surface area contributed by atoms with Crippen LogP contribution in [0.2, 0.25) is 0 Å². The van der Waals surface area contributed by atoms with Gasteiger partial charge < -0.3 is 0 Å².